The molecule has 1 heterocycles. The van der Waals surface area contributed by atoms with Crippen LogP contribution in [-0.2, 0) is 16.2 Å². The number of anilines is 1. The molecule has 6 nitrogen and oxygen atoms in total. The molecule has 30 heavy (non-hydrogen) atoms. The molecule has 0 saturated heterocycles. The van der Waals surface area contributed by atoms with Gasteiger partial charge in [-0.3, -0.25) is 9.71 Å². The van der Waals surface area contributed by atoms with Crippen LogP contribution in [0.5, 0.6) is 17.2 Å². The van der Waals surface area contributed by atoms with E-state index in [1.807, 2.05) is 0 Å². The Labute approximate surface area is 175 Å². The van der Waals surface area contributed by atoms with Crippen molar-refractivity contribution < 1.29 is 31.1 Å². The van der Waals surface area contributed by atoms with Gasteiger partial charge in [-0.05, 0) is 42.5 Å². The lowest BCUT2D eigenvalue weighted by Crippen LogP contribution is -2.15. The molecule has 0 saturated carbocycles. The van der Waals surface area contributed by atoms with Crippen LogP contribution in [0.2, 0.25) is 5.02 Å². The molecule has 3 rings (SSSR count). The number of rotatable bonds is 6. The third-order valence-electron chi connectivity index (χ3n) is 3.83. The Bertz CT molecular complexity index is 1150. The number of pyridine rings is 1. The monoisotopic (exact) mass is 458 g/mol. The van der Waals surface area contributed by atoms with E-state index in [2.05, 4.69) is 9.71 Å². The van der Waals surface area contributed by atoms with Crippen molar-refractivity contribution in [1.29, 1.82) is 0 Å². The summed E-state index contributed by atoms with van der Waals surface area (Å²) >= 11 is 5.83. The average molecular weight is 459 g/mol. The molecule has 3 aromatic rings. The Morgan fingerprint density at radius 2 is 1.70 bits per heavy atom. The van der Waals surface area contributed by atoms with E-state index >= 15 is 0 Å². The molecule has 0 unspecified atom stereocenters. The van der Waals surface area contributed by atoms with Crippen molar-refractivity contribution in [2.75, 3.05) is 11.8 Å². The second-order valence-corrected chi connectivity index (χ2v) is 8.05. The van der Waals surface area contributed by atoms with E-state index in [9.17, 15) is 21.6 Å². The van der Waals surface area contributed by atoms with Crippen molar-refractivity contribution in [2.24, 2.45) is 0 Å². The first-order chi connectivity index (χ1) is 14.1. The molecule has 1 N–H and O–H groups in total. The largest absolute Gasteiger partial charge is 0.497 e. The third-order valence-corrected chi connectivity index (χ3v) is 5.42. The maximum atomic E-state index is 13.2. The number of aromatic nitrogens is 1. The first-order valence-corrected chi connectivity index (χ1v) is 10.1. The fourth-order valence-corrected chi connectivity index (χ4v) is 3.63. The predicted octanol–water partition coefficient (Wildman–Crippen LogP) is 5.36. The number of sulfonamides is 1. The van der Waals surface area contributed by atoms with Gasteiger partial charge in [0.05, 0.1) is 34.5 Å². The summed E-state index contributed by atoms with van der Waals surface area (Å²) in [6, 6.07) is 9.16. The summed E-state index contributed by atoms with van der Waals surface area (Å²) in [5, 5.41) is 0.236. The van der Waals surface area contributed by atoms with Crippen LogP contribution in [0.4, 0.5) is 18.9 Å². The Kier molecular flexibility index (Phi) is 6.09. The normalized spacial score (nSPS) is 11.8. The number of nitrogens with zero attached hydrogens (tertiary/aromatic N) is 1. The van der Waals surface area contributed by atoms with Gasteiger partial charge in [-0.1, -0.05) is 11.6 Å². The molecule has 158 valence electrons. The molecule has 0 aliphatic carbocycles. The topological polar surface area (TPSA) is 77.5 Å². The van der Waals surface area contributed by atoms with Crippen LogP contribution in [0.1, 0.15) is 5.56 Å². The van der Waals surface area contributed by atoms with Crippen LogP contribution in [0, 0.1) is 0 Å². The van der Waals surface area contributed by atoms with Crippen LogP contribution in [0.15, 0.2) is 65.8 Å². The number of methoxy groups -OCH3 is 1. The maximum absolute atomic E-state index is 13.2. The van der Waals surface area contributed by atoms with Gasteiger partial charge < -0.3 is 9.47 Å². The Morgan fingerprint density at radius 3 is 2.30 bits per heavy atom. The zero-order valence-electron chi connectivity index (χ0n) is 15.3. The number of halogens is 4. The average Bonchev–Trinajstić information content (AvgIpc) is 2.68. The van der Waals surface area contributed by atoms with Crippen LogP contribution >= 0.6 is 11.6 Å². The zero-order valence-corrected chi connectivity index (χ0v) is 16.8. The van der Waals surface area contributed by atoms with Crippen LogP contribution in [-0.4, -0.2) is 20.5 Å². The van der Waals surface area contributed by atoms with Crippen LogP contribution in [0.25, 0.3) is 0 Å². The second-order valence-electron chi connectivity index (χ2n) is 5.93. The smallest absolute Gasteiger partial charge is 0.416 e. The Balaban J connectivity index is 2.01. The van der Waals surface area contributed by atoms with Gasteiger partial charge in [-0.2, -0.15) is 13.2 Å². The van der Waals surface area contributed by atoms with Crippen molar-refractivity contribution in [2.45, 2.75) is 11.1 Å². The number of ether oxygens (including phenoxy) is 2. The van der Waals surface area contributed by atoms with E-state index in [-0.39, 0.29) is 21.4 Å². The molecule has 0 aliphatic heterocycles. The lowest BCUT2D eigenvalue weighted by molar-refractivity contribution is -0.137. The van der Waals surface area contributed by atoms with E-state index in [0.717, 1.165) is 12.1 Å². The third kappa shape index (κ3) is 5.14. The molecule has 0 fully saturated rings. The molecule has 11 heteroatoms. The molecule has 0 radical (unpaired) electrons. The van der Waals surface area contributed by atoms with Gasteiger partial charge in [0, 0.05) is 12.3 Å². The van der Waals surface area contributed by atoms with Gasteiger partial charge >= 0.3 is 6.18 Å². The number of hydrogen-bond donors (Lipinski definition) is 1. The van der Waals surface area contributed by atoms with E-state index in [0.29, 0.717) is 11.8 Å². The lowest BCUT2D eigenvalue weighted by atomic mass is 10.2. The highest BCUT2D eigenvalue weighted by Crippen LogP contribution is 2.38. The second kappa shape index (κ2) is 8.41. The summed E-state index contributed by atoms with van der Waals surface area (Å²) in [5.74, 6) is 0.377. The van der Waals surface area contributed by atoms with E-state index < -0.39 is 27.5 Å². The molecule has 1 aromatic heterocycles. The van der Waals surface area contributed by atoms with Crippen LogP contribution < -0.4 is 14.2 Å². The maximum Gasteiger partial charge on any atom is 0.416 e. The molecular formula is C19H14ClF3N2O4S. The summed E-state index contributed by atoms with van der Waals surface area (Å²) in [6.07, 6.45) is -2.06. The predicted molar refractivity (Wildman–Crippen MR) is 105 cm³/mol. The molecule has 0 bridgehead atoms. The highest BCUT2D eigenvalue weighted by atomic mass is 35.5. The molecule has 0 amide bonds. The lowest BCUT2D eigenvalue weighted by Gasteiger charge is -2.16. The molecule has 0 atom stereocenters. The van der Waals surface area contributed by atoms with Crippen molar-refractivity contribution in [3.05, 3.63) is 71.5 Å². The van der Waals surface area contributed by atoms with Gasteiger partial charge in [-0.25, -0.2) is 8.42 Å². The highest BCUT2D eigenvalue weighted by molar-refractivity contribution is 7.92. The summed E-state index contributed by atoms with van der Waals surface area (Å²) in [7, 11) is -2.80. The summed E-state index contributed by atoms with van der Waals surface area (Å²) in [5.41, 5.74) is -1.45. The first kappa shape index (κ1) is 21.7. The van der Waals surface area contributed by atoms with Crippen molar-refractivity contribution in [3.63, 3.8) is 0 Å². The minimum atomic E-state index is -4.68. The summed E-state index contributed by atoms with van der Waals surface area (Å²) < 4.78 is 77.5. The van der Waals surface area contributed by atoms with Crippen molar-refractivity contribution in [3.8, 4) is 17.2 Å². The van der Waals surface area contributed by atoms with Crippen molar-refractivity contribution in [1.82, 2.24) is 4.98 Å². The Morgan fingerprint density at radius 1 is 1.00 bits per heavy atom. The van der Waals surface area contributed by atoms with Gasteiger partial charge in [-0.15, -0.1) is 0 Å². The van der Waals surface area contributed by atoms with Crippen LogP contribution in [0.3, 0.4) is 0 Å². The van der Waals surface area contributed by atoms with Gasteiger partial charge in [0.1, 0.15) is 11.5 Å². The number of hydrogen-bond acceptors (Lipinski definition) is 5. The van der Waals surface area contributed by atoms with Gasteiger partial charge in [0.15, 0.2) is 5.75 Å². The quantitative estimate of drug-likeness (QED) is 0.538. The molecule has 0 aliphatic rings. The molecule has 2 aromatic carbocycles. The number of benzene rings is 2. The first-order valence-electron chi connectivity index (χ1n) is 8.25. The minimum absolute atomic E-state index is 0.118. The van der Waals surface area contributed by atoms with Crippen molar-refractivity contribution >= 4 is 27.3 Å². The Hall–Kier alpha value is -2.98. The van der Waals surface area contributed by atoms with E-state index in [1.54, 1.807) is 0 Å². The zero-order chi connectivity index (χ0) is 21.9. The SMILES string of the molecule is COc1ccc(S(=O)(=O)Nc2cc(C(F)(F)F)ccc2Oc2cncc(Cl)c2)cc1. The summed E-state index contributed by atoms with van der Waals surface area (Å²) in [4.78, 5) is 3.65. The summed E-state index contributed by atoms with van der Waals surface area (Å²) in [6.45, 7) is 0. The van der Waals surface area contributed by atoms with Gasteiger partial charge in [0.2, 0.25) is 0 Å². The molecule has 0 spiro atoms. The minimum Gasteiger partial charge on any atom is -0.497 e. The number of nitrogens with one attached hydrogen (secondary N) is 1. The number of alkyl halides is 3. The molecular weight excluding hydrogens is 445 g/mol. The van der Waals surface area contributed by atoms with Gasteiger partial charge in [0.25, 0.3) is 10.0 Å². The van der Waals surface area contributed by atoms with E-state index in [1.165, 1.54) is 49.8 Å². The fraction of sp³-hybridized carbons (Fsp3) is 0.105. The highest BCUT2D eigenvalue weighted by Gasteiger charge is 2.32. The van der Waals surface area contributed by atoms with E-state index in [4.69, 9.17) is 21.1 Å². The standard InChI is InChI=1S/C19H14ClF3N2O4S/c1-28-14-3-5-16(6-4-14)30(26,27)25-17-8-12(19(21,22)23)2-7-18(17)29-15-9-13(20)10-24-11-15/h2-11,25H,1H3. The fourth-order valence-electron chi connectivity index (χ4n) is 2.41.